The molecular weight excluding hydrogens is 340 g/mol. The molecule has 4 aromatic rings. The molecule has 0 saturated heterocycles. The highest BCUT2D eigenvalue weighted by Crippen LogP contribution is 2.39. The van der Waals surface area contributed by atoms with Crippen LogP contribution in [0.4, 0.5) is 0 Å². The molecule has 2 aromatic heterocycles. The molecule has 0 bridgehead atoms. The average molecular weight is 356 g/mol. The van der Waals surface area contributed by atoms with Gasteiger partial charge in [0, 0.05) is 22.9 Å². The number of ether oxygens (including phenoxy) is 2. The number of nitrogens with zero attached hydrogens (tertiary/aromatic N) is 2. The van der Waals surface area contributed by atoms with Crippen LogP contribution in [0.5, 0.6) is 11.5 Å². The minimum Gasteiger partial charge on any atom is -0.497 e. The monoisotopic (exact) mass is 356 g/mol. The van der Waals surface area contributed by atoms with Gasteiger partial charge < -0.3 is 9.47 Å². The molecule has 0 atom stereocenters. The highest BCUT2D eigenvalue weighted by Gasteiger charge is 2.22. The van der Waals surface area contributed by atoms with Crippen molar-refractivity contribution in [2.45, 2.75) is 0 Å². The number of fused-ring (bicyclic) bond motifs is 4. The molecule has 0 aliphatic rings. The van der Waals surface area contributed by atoms with Crippen molar-refractivity contribution in [3.63, 3.8) is 0 Å². The molecule has 25 heavy (non-hydrogen) atoms. The lowest BCUT2D eigenvalue weighted by atomic mass is 10.1. The summed E-state index contributed by atoms with van der Waals surface area (Å²) in [5, 5.41) is 2.35. The molecule has 0 N–H and O–H groups in total. The van der Waals surface area contributed by atoms with Crippen LogP contribution >= 0.6 is 0 Å². The van der Waals surface area contributed by atoms with Crippen LogP contribution in [0.15, 0.2) is 42.5 Å². The van der Waals surface area contributed by atoms with E-state index in [4.69, 9.17) is 9.47 Å². The van der Waals surface area contributed by atoms with Crippen LogP contribution in [0.1, 0.15) is 0 Å². The summed E-state index contributed by atoms with van der Waals surface area (Å²) in [5.41, 5.74) is 1.59. The molecule has 0 radical (unpaired) electrons. The van der Waals surface area contributed by atoms with Crippen LogP contribution in [-0.4, -0.2) is 37.8 Å². The standard InChI is InChI=1S/C18H16N2O4S/c1-23-12-9-15-17(16(10-12)24-2)13-8-11-6-4-5-7-14(11)19-18(13)20(15)25(3,21)22/h4-10H,1-3H3. The van der Waals surface area contributed by atoms with E-state index in [-0.39, 0.29) is 0 Å². The van der Waals surface area contributed by atoms with Crippen molar-refractivity contribution < 1.29 is 17.9 Å². The van der Waals surface area contributed by atoms with Gasteiger partial charge in [-0.05, 0) is 12.1 Å². The second-order valence-corrected chi connectivity index (χ2v) is 7.63. The molecule has 0 fully saturated rings. The van der Waals surface area contributed by atoms with Crippen molar-refractivity contribution in [2.75, 3.05) is 20.5 Å². The average Bonchev–Trinajstić information content (AvgIpc) is 2.92. The summed E-state index contributed by atoms with van der Waals surface area (Å²) in [6.45, 7) is 0. The maximum atomic E-state index is 12.5. The summed E-state index contributed by atoms with van der Waals surface area (Å²) < 4.78 is 37.0. The van der Waals surface area contributed by atoms with E-state index < -0.39 is 10.0 Å². The van der Waals surface area contributed by atoms with Gasteiger partial charge in [-0.3, -0.25) is 0 Å². The lowest BCUT2D eigenvalue weighted by Gasteiger charge is -2.08. The Bertz CT molecular complexity index is 1240. The van der Waals surface area contributed by atoms with Crippen molar-refractivity contribution >= 4 is 42.9 Å². The van der Waals surface area contributed by atoms with Crippen molar-refractivity contribution in [3.8, 4) is 11.5 Å². The molecule has 0 aliphatic heterocycles. The zero-order chi connectivity index (χ0) is 17.8. The Morgan fingerprint density at radius 2 is 1.80 bits per heavy atom. The summed E-state index contributed by atoms with van der Waals surface area (Å²) in [6.07, 6.45) is 1.16. The number of pyridine rings is 1. The van der Waals surface area contributed by atoms with Crippen LogP contribution in [0.2, 0.25) is 0 Å². The van der Waals surface area contributed by atoms with Crippen LogP contribution in [-0.2, 0) is 10.0 Å². The predicted molar refractivity (Wildman–Crippen MR) is 98.1 cm³/mol. The van der Waals surface area contributed by atoms with Crippen molar-refractivity contribution in [2.24, 2.45) is 0 Å². The largest absolute Gasteiger partial charge is 0.497 e. The smallest absolute Gasteiger partial charge is 0.237 e. The van der Waals surface area contributed by atoms with E-state index in [2.05, 4.69) is 4.98 Å². The molecule has 128 valence electrons. The first-order chi connectivity index (χ1) is 11.9. The summed E-state index contributed by atoms with van der Waals surface area (Å²) in [7, 11) is -0.512. The Kier molecular flexibility index (Phi) is 3.36. The summed E-state index contributed by atoms with van der Waals surface area (Å²) in [6, 6.07) is 13.0. The highest BCUT2D eigenvalue weighted by atomic mass is 32.2. The Hall–Kier alpha value is -2.80. The number of aromatic nitrogens is 2. The predicted octanol–water partition coefficient (Wildman–Crippen LogP) is 3.17. The molecule has 2 heterocycles. The fourth-order valence-electron chi connectivity index (χ4n) is 3.18. The molecular formula is C18H16N2O4S. The second kappa shape index (κ2) is 5.35. The number of hydrogen-bond acceptors (Lipinski definition) is 5. The van der Waals surface area contributed by atoms with Gasteiger partial charge in [-0.1, -0.05) is 18.2 Å². The zero-order valence-corrected chi connectivity index (χ0v) is 14.8. The first-order valence-corrected chi connectivity index (χ1v) is 9.45. The first-order valence-electron chi connectivity index (χ1n) is 7.60. The molecule has 0 saturated carbocycles. The van der Waals surface area contributed by atoms with E-state index in [0.29, 0.717) is 28.0 Å². The third-order valence-corrected chi connectivity index (χ3v) is 5.26. The van der Waals surface area contributed by atoms with Gasteiger partial charge in [0.2, 0.25) is 10.0 Å². The van der Waals surface area contributed by atoms with E-state index in [1.807, 2.05) is 30.3 Å². The zero-order valence-electron chi connectivity index (χ0n) is 14.0. The molecule has 0 aliphatic carbocycles. The lowest BCUT2D eigenvalue weighted by Crippen LogP contribution is -2.10. The van der Waals surface area contributed by atoms with Gasteiger partial charge in [0.1, 0.15) is 11.5 Å². The van der Waals surface area contributed by atoms with Gasteiger partial charge in [0.25, 0.3) is 0 Å². The Labute approximate surface area is 144 Å². The van der Waals surface area contributed by atoms with Crippen molar-refractivity contribution in [3.05, 3.63) is 42.5 Å². The van der Waals surface area contributed by atoms with E-state index in [0.717, 1.165) is 22.5 Å². The molecule has 6 nitrogen and oxygen atoms in total. The van der Waals surface area contributed by atoms with E-state index in [1.54, 1.807) is 19.2 Å². The van der Waals surface area contributed by atoms with Gasteiger partial charge >= 0.3 is 0 Å². The minimum absolute atomic E-state index is 0.378. The molecule has 7 heteroatoms. The third-order valence-electron chi connectivity index (χ3n) is 4.23. The maximum Gasteiger partial charge on any atom is 0.237 e. The van der Waals surface area contributed by atoms with Gasteiger partial charge in [0.15, 0.2) is 5.65 Å². The quantitative estimate of drug-likeness (QED) is 0.564. The van der Waals surface area contributed by atoms with Crippen LogP contribution in [0, 0.1) is 0 Å². The Morgan fingerprint density at radius 1 is 1.04 bits per heavy atom. The van der Waals surface area contributed by atoms with E-state index in [1.165, 1.54) is 11.1 Å². The van der Waals surface area contributed by atoms with Crippen molar-refractivity contribution in [1.82, 2.24) is 8.96 Å². The lowest BCUT2D eigenvalue weighted by molar-refractivity contribution is 0.398. The molecule has 2 aromatic carbocycles. The SMILES string of the molecule is COc1cc(OC)c2c3cc4ccccc4nc3n(S(C)(=O)=O)c2c1. The van der Waals surface area contributed by atoms with E-state index >= 15 is 0 Å². The van der Waals surface area contributed by atoms with Crippen LogP contribution < -0.4 is 9.47 Å². The maximum absolute atomic E-state index is 12.5. The number of para-hydroxylation sites is 1. The van der Waals surface area contributed by atoms with Crippen LogP contribution in [0.25, 0.3) is 32.8 Å². The normalized spacial score (nSPS) is 12.1. The van der Waals surface area contributed by atoms with Gasteiger partial charge in [0.05, 0.1) is 36.9 Å². The van der Waals surface area contributed by atoms with Crippen molar-refractivity contribution in [1.29, 1.82) is 0 Å². The number of benzene rings is 2. The first kappa shape index (κ1) is 15.7. The fourth-order valence-corrected chi connectivity index (χ4v) is 4.13. The third kappa shape index (κ3) is 2.31. The van der Waals surface area contributed by atoms with Crippen LogP contribution in [0.3, 0.4) is 0 Å². The highest BCUT2D eigenvalue weighted by molar-refractivity contribution is 7.89. The van der Waals surface area contributed by atoms with Gasteiger partial charge in [-0.25, -0.2) is 17.4 Å². The number of rotatable bonds is 3. The Balaban J connectivity index is 2.33. The minimum atomic E-state index is -3.59. The van der Waals surface area contributed by atoms with Gasteiger partial charge in [-0.2, -0.15) is 0 Å². The molecule has 0 amide bonds. The summed E-state index contributed by atoms with van der Waals surface area (Å²) >= 11 is 0. The number of methoxy groups -OCH3 is 2. The molecule has 4 rings (SSSR count). The Morgan fingerprint density at radius 3 is 2.48 bits per heavy atom. The topological polar surface area (TPSA) is 70.4 Å². The number of hydrogen-bond donors (Lipinski definition) is 0. The molecule has 0 unspecified atom stereocenters. The summed E-state index contributed by atoms with van der Waals surface area (Å²) in [4.78, 5) is 4.60. The fraction of sp³-hybridized carbons (Fsp3) is 0.167. The van der Waals surface area contributed by atoms with E-state index in [9.17, 15) is 8.42 Å². The summed E-state index contributed by atoms with van der Waals surface area (Å²) in [5.74, 6) is 1.06. The molecule has 0 spiro atoms. The van der Waals surface area contributed by atoms with Gasteiger partial charge in [-0.15, -0.1) is 0 Å². The second-order valence-electron chi connectivity index (χ2n) is 5.80.